The molecule has 2 unspecified atom stereocenters. The second-order valence-electron chi connectivity index (χ2n) is 3.03. The molecule has 0 aromatic carbocycles. The van der Waals surface area contributed by atoms with Gasteiger partial charge in [-0.1, -0.05) is 5.11 Å². The second-order valence-corrected chi connectivity index (χ2v) is 3.03. The Balaban J connectivity index is 2.86. The number of methoxy groups -OCH3 is 1. The number of hydrogen-bond donors (Lipinski definition) is 2. The van der Waals surface area contributed by atoms with E-state index in [1.54, 1.807) is 12.1 Å². The first-order valence-corrected chi connectivity index (χ1v) is 4.56. The van der Waals surface area contributed by atoms with Gasteiger partial charge in [-0.3, -0.25) is 0 Å². The van der Waals surface area contributed by atoms with Crippen molar-refractivity contribution >= 4 is 0 Å². The summed E-state index contributed by atoms with van der Waals surface area (Å²) in [7, 11) is 1.42. The highest BCUT2D eigenvalue weighted by Gasteiger charge is 2.21. The third kappa shape index (κ3) is 2.83. The van der Waals surface area contributed by atoms with E-state index in [-0.39, 0.29) is 12.4 Å². The predicted molar refractivity (Wildman–Crippen MR) is 55.8 cm³/mol. The molecule has 0 saturated heterocycles. The van der Waals surface area contributed by atoms with Gasteiger partial charge in [-0.05, 0) is 17.7 Å². The van der Waals surface area contributed by atoms with Gasteiger partial charge in [0.15, 0.2) is 0 Å². The Kier molecular flexibility index (Phi) is 4.53. The van der Waals surface area contributed by atoms with Crippen LogP contribution in [0.25, 0.3) is 10.4 Å². The molecule has 0 bridgehead atoms. The minimum atomic E-state index is -1.20. The molecule has 0 fully saturated rings. The number of azide groups is 1. The van der Waals surface area contributed by atoms with Crippen LogP contribution in [0.2, 0.25) is 0 Å². The van der Waals surface area contributed by atoms with E-state index in [2.05, 4.69) is 15.0 Å². The van der Waals surface area contributed by atoms with Crippen LogP contribution in [0.4, 0.5) is 0 Å². The lowest BCUT2D eigenvalue weighted by Crippen LogP contribution is -2.21. The summed E-state index contributed by atoms with van der Waals surface area (Å²) in [5.74, 6) is 0.231. The van der Waals surface area contributed by atoms with Crippen molar-refractivity contribution in [3.05, 3.63) is 34.3 Å². The van der Waals surface area contributed by atoms with Crippen molar-refractivity contribution in [3.8, 4) is 5.88 Å². The van der Waals surface area contributed by atoms with Gasteiger partial charge >= 0.3 is 0 Å². The van der Waals surface area contributed by atoms with Crippen LogP contribution in [0.5, 0.6) is 5.88 Å². The molecular formula is C9H12N4O3. The summed E-state index contributed by atoms with van der Waals surface area (Å²) < 4.78 is 4.94. The molecule has 1 aromatic heterocycles. The largest absolute Gasteiger partial charge is 0.481 e. The van der Waals surface area contributed by atoms with E-state index in [0.29, 0.717) is 5.56 Å². The molecule has 0 radical (unpaired) electrons. The summed E-state index contributed by atoms with van der Waals surface area (Å²) in [6.07, 6.45) is -0.877. The SMILES string of the molecule is COc1ncccc1C(O)C(O)CN=[N+]=[N-]. The third-order valence-electron chi connectivity index (χ3n) is 2.01. The van der Waals surface area contributed by atoms with Gasteiger partial charge in [0.1, 0.15) is 6.10 Å². The van der Waals surface area contributed by atoms with Gasteiger partial charge in [0, 0.05) is 16.7 Å². The third-order valence-corrected chi connectivity index (χ3v) is 2.01. The summed E-state index contributed by atoms with van der Waals surface area (Å²) in [4.78, 5) is 6.39. The topological polar surface area (TPSA) is 111 Å². The van der Waals surface area contributed by atoms with Crippen LogP contribution < -0.4 is 4.74 Å². The minimum Gasteiger partial charge on any atom is -0.481 e. The van der Waals surface area contributed by atoms with E-state index in [9.17, 15) is 10.2 Å². The Hall–Kier alpha value is -1.82. The van der Waals surface area contributed by atoms with Gasteiger partial charge in [0.25, 0.3) is 0 Å². The average molecular weight is 224 g/mol. The molecule has 7 nitrogen and oxygen atoms in total. The number of nitrogens with zero attached hydrogens (tertiary/aromatic N) is 4. The molecule has 2 atom stereocenters. The van der Waals surface area contributed by atoms with Crippen molar-refractivity contribution in [1.29, 1.82) is 0 Å². The second kappa shape index (κ2) is 5.92. The number of aliphatic hydroxyl groups is 2. The highest BCUT2D eigenvalue weighted by atomic mass is 16.5. The lowest BCUT2D eigenvalue weighted by Gasteiger charge is -2.17. The molecule has 0 saturated carbocycles. The molecule has 1 heterocycles. The summed E-state index contributed by atoms with van der Waals surface area (Å²) in [6.45, 7) is -0.213. The molecule has 86 valence electrons. The smallest absolute Gasteiger partial charge is 0.218 e. The number of ether oxygens (including phenoxy) is 1. The molecule has 0 aliphatic rings. The van der Waals surface area contributed by atoms with Crippen molar-refractivity contribution in [1.82, 2.24) is 4.98 Å². The first-order valence-electron chi connectivity index (χ1n) is 4.56. The first-order chi connectivity index (χ1) is 7.70. The monoisotopic (exact) mass is 224 g/mol. The Morgan fingerprint density at radius 1 is 1.62 bits per heavy atom. The number of hydrogen-bond acceptors (Lipinski definition) is 5. The number of pyridine rings is 1. The van der Waals surface area contributed by atoms with Crippen molar-refractivity contribution in [2.24, 2.45) is 5.11 Å². The van der Waals surface area contributed by atoms with Crippen LogP contribution in [-0.2, 0) is 0 Å². The fraction of sp³-hybridized carbons (Fsp3) is 0.444. The molecule has 0 aliphatic carbocycles. The van der Waals surface area contributed by atoms with Crippen molar-refractivity contribution in [3.63, 3.8) is 0 Å². The maximum Gasteiger partial charge on any atom is 0.218 e. The highest BCUT2D eigenvalue weighted by Crippen LogP contribution is 2.24. The molecule has 0 aliphatic heterocycles. The summed E-state index contributed by atoms with van der Waals surface area (Å²) in [5, 5.41) is 22.5. The summed E-state index contributed by atoms with van der Waals surface area (Å²) in [6, 6.07) is 3.19. The van der Waals surface area contributed by atoms with Crippen LogP contribution in [0, 0.1) is 0 Å². The fourth-order valence-corrected chi connectivity index (χ4v) is 1.23. The normalized spacial score (nSPS) is 13.7. The van der Waals surface area contributed by atoms with Crippen LogP contribution in [0.1, 0.15) is 11.7 Å². The molecule has 2 N–H and O–H groups in total. The number of rotatable bonds is 5. The highest BCUT2D eigenvalue weighted by molar-refractivity contribution is 5.28. The maximum atomic E-state index is 9.77. The lowest BCUT2D eigenvalue weighted by molar-refractivity contribution is 0.0226. The van der Waals surface area contributed by atoms with E-state index in [1.807, 2.05) is 0 Å². The van der Waals surface area contributed by atoms with Crippen LogP contribution in [0.3, 0.4) is 0 Å². The molecule has 7 heteroatoms. The van der Waals surface area contributed by atoms with Crippen LogP contribution >= 0.6 is 0 Å². The van der Waals surface area contributed by atoms with Gasteiger partial charge in [-0.25, -0.2) is 4.98 Å². The van der Waals surface area contributed by atoms with Gasteiger partial charge in [0.05, 0.1) is 19.8 Å². The quantitative estimate of drug-likeness (QED) is 0.437. The van der Waals surface area contributed by atoms with Crippen molar-refractivity contribution in [2.45, 2.75) is 12.2 Å². The zero-order chi connectivity index (χ0) is 12.0. The molecule has 0 amide bonds. The van der Waals surface area contributed by atoms with E-state index in [1.165, 1.54) is 13.3 Å². The standard InChI is InChI=1S/C9H12N4O3/c1-16-9-6(3-2-4-11-9)8(15)7(14)5-12-13-10/h2-4,7-8,14-15H,5H2,1H3. The van der Waals surface area contributed by atoms with E-state index < -0.39 is 12.2 Å². The fourth-order valence-electron chi connectivity index (χ4n) is 1.23. The van der Waals surface area contributed by atoms with Gasteiger partial charge in [-0.15, -0.1) is 0 Å². The first kappa shape index (κ1) is 12.3. The van der Waals surface area contributed by atoms with Crippen molar-refractivity contribution in [2.75, 3.05) is 13.7 Å². The molecule has 1 aromatic rings. The average Bonchev–Trinajstić information content (AvgIpc) is 2.34. The zero-order valence-electron chi connectivity index (χ0n) is 8.69. The van der Waals surface area contributed by atoms with E-state index >= 15 is 0 Å². The van der Waals surface area contributed by atoms with E-state index in [0.717, 1.165) is 0 Å². The Labute approximate surface area is 91.9 Å². The molecular weight excluding hydrogens is 212 g/mol. The molecule has 1 rings (SSSR count). The zero-order valence-corrected chi connectivity index (χ0v) is 8.69. The number of aliphatic hydroxyl groups excluding tert-OH is 2. The Bertz CT molecular complexity index is 392. The van der Waals surface area contributed by atoms with Crippen molar-refractivity contribution < 1.29 is 14.9 Å². The van der Waals surface area contributed by atoms with Crippen LogP contribution in [0.15, 0.2) is 23.4 Å². The predicted octanol–water partition coefficient (Wildman–Crippen LogP) is 0.795. The van der Waals surface area contributed by atoms with Gasteiger partial charge in [-0.2, -0.15) is 0 Å². The van der Waals surface area contributed by atoms with Crippen LogP contribution in [-0.4, -0.2) is 35.0 Å². The van der Waals surface area contributed by atoms with Gasteiger partial charge in [0.2, 0.25) is 5.88 Å². The number of aromatic nitrogens is 1. The molecule has 16 heavy (non-hydrogen) atoms. The lowest BCUT2D eigenvalue weighted by atomic mass is 10.1. The maximum absolute atomic E-state index is 9.77. The Morgan fingerprint density at radius 3 is 3.00 bits per heavy atom. The summed E-state index contributed by atoms with van der Waals surface area (Å²) >= 11 is 0. The van der Waals surface area contributed by atoms with Gasteiger partial charge < -0.3 is 14.9 Å². The molecule has 0 spiro atoms. The van der Waals surface area contributed by atoms with E-state index in [4.69, 9.17) is 10.3 Å². The Morgan fingerprint density at radius 2 is 2.38 bits per heavy atom. The summed E-state index contributed by atoms with van der Waals surface area (Å²) in [5.41, 5.74) is 8.45. The minimum absolute atomic E-state index is 0.213.